The van der Waals surface area contributed by atoms with Gasteiger partial charge in [-0.1, -0.05) is 28.1 Å². The molecule has 1 aromatic carbocycles. The van der Waals surface area contributed by atoms with E-state index in [1.54, 1.807) is 24.3 Å². The number of halogens is 1. The maximum Gasteiger partial charge on any atom is 0.283 e. The van der Waals surface area contributed by atoms with E-state index in [4.69, 9.17) is 5.73 Å². The standard InChI is InChI=1S/C13H16BrN3O3S/c14-6-8-17-13(20)21-10-4-2-1-3-9(10)12(19)16-7-5-11(15)18/h1-4H,5-8H2,(H2,15,18)(H,16,19)(H,17,20). The fraction of sp³-hybridized carbons (Fsp3) is 0.308. The van der Waals surface area contributed by atoms with Gasteiger partial charge in [0.05, 0.1) is 5.56 Å². The van der Waals surface area contributed by atoms with E-state index in [1.807, 2.05) is 0 Å². The number of hydrogen-bond donors (Lipinski definition) is 3. The van der Waals surface area contributed by atoms with E-state index in [0.717, 1.165) is 11.8 Å². The summed E-state index contributed by atoms with van der Waals surface area (Å²) >= 11 is 4.17. The normalized spacial score (nSPS) is 9.95. The zero-order chi connectivity index (χ0) is 15.7. The molecule has 0 saturated carbocycles. The molecule has 0 atom stereocenters. The Bertz CT molecular complexity index is 525. The van der Waals surface area contributed by atoms with Crippen LogP contribution in [0.3, 0.4) is 0 Å². The van der Waals surface area contributed by atoms with E-state index in [9.17, 15) is 14.4 Å². The summed E-state index contributed by atoms with van der Waals surface area (Å²) in [6.07, 6.45) is 0.0762. The quantitative estimate of drug-likeness (QED) is 0.497. The average Bonchev–Trinajstić information content (AvgIpc) is 2.45. The van der Waals surface area contributed by atoms with Crippen LogP contribution in [0.15, 0.2) is 29.2 Å². The molecule has 21 heavy (non-hydrogen) atoms. The van der Waals surface area contributed by atoms with Crippen molar-refractivity contribution in [1.29, 1.82) is 0 Å². The molecule has 0 heterocycles. The van der Waals surface area contributed by atoms with Gasteiger partial charge in [0.25, 0.3) is 11.1 Å². The summed E-state index contributed by atoms with van der Waals surface area (Å²) in [5.41, 5.74) is 5.40. The number of primary amides is 1. The van der Waals surface area contributed by atoms with Crippen LogP contribution in [-0.4, -0.2) is 35.5 Å². The Balaban J connectivity index is 2.67. The molecule has 0 fully saturated rings. The first-order valence-corrected chi connectivity index (χ1v) is 8.15. The molecule has 0 radical (unpaired) electrons. The molecule has 0 bridgehead atoms. The van der Waals surface area contributed by atoms with Gasteiger partial charge in [0.2, 0.25) is 5.91 Å². The monoisotopic (exact) mass is 373 g/mol. The minimum atomic E-state index is -0.480. The SMILES string of the molecule is NC(=O)CCNC(=O)c1ccccc1SC(=O)NCCBr. The molecular weight excluding hydrogens is 358 g/mol. The largest absolute Gasteiger partial charge is 0.370 e. The molecule has 3 amide bonds. The van der Waals surface area contributed by atoms with Crippen LogP contribution in [0.4, 0.5) is 4.79 Å². The lowest BCUT2D eigenvalue weighted by molar-refractivity contribution is -0.117. The average molecular weight is 374 g/mol. The van der Waals surface area contributed by atoms with Crippen LogP contribution in [0.1, 0.15) is 16.8 Å². The molecule has 0 spiro atoms. The summed E-state index contributed by atoms with van der Waals surface area (Å²) in [4.78, 5) is 34.9. The van der Waals surface area contributed by atoms with Gasteiger partial charge in [-0.2, -0.15) is 0 Å². The predicted molar refractivity (Wildman–Crippen MR) is 85.6 cm³/mol. The highest BCUT2D eigenvalue weighted by Crippen LogP contribution is 2.23. The van der Waals surface area contributed by atoms with Crippen molar-refractivity contribution in [2.75, 3.05) is 18.4 Å². The number of carbonyl (C=O) groups excluding carboxylic acids is 3. The molecule has 1 rings (SSSR count). The highest BCUT2D eigenvalue weighted by Gasteiger charge is 2.14. The smallest absolute Gasteiger partial charge is 0.283 e. The van der Waals surface area contributed by atoms with Gasteiger partial charge in [0.15, 0.2) is 0 Å². The zero-order valence-corrected chi connectivity index (χ0v) is 13.6. The molecule has 0 unspecified atom stereocenters. The van der Waals surface area contributed by atoms with E-state index < -0.39 is 5.91 Å². The lowest BCUT2D eigenvalue weighted by Crippen LogP contribution is -2.28. The summed E-state index contributed by atoms with van der Waals surface area (Å²) in [5.74, 6) is -0.820. The first kappa shape index (κ1) is 17.5. The van der Waals surface area contributed by atoms with E-state index in [1.165, 1.54) is 0 Å². The molecule has 0 saturated heterocycles. The second kappa shape index (κ2) is 9.41. The number of thioether (sulfide) groups is 1. The number of nitrogens with two attached hydrogens (primary N) is 1. The van der Waals surface area contributed by atoms with Gasteiger partial charge in [-0.3, -0.25) is 14.4 Å². The molecule has 1 aromatic rings. The van der Waals surface area contributed by atoms with Crippen LogP contribution < -0.4 is 16.4 Å². The van der Waals surface area contributed by atoms with Crippen molar-refractivity contribution in [3.63, 3.8) is 0 Å². The zero-order valence-electron chi connectivity index (χ0n) is 11.2. The lowest BCUT2D eigenvalue weighted by atomic mass is 10.2. The minimum Gasteiger partial charge on any atom is -0.370 e. The molecular formula is C13H16BrN3O3S. The molecule has 0 aliphatic rings. The summed E-state index contributed by atoms with van der Waals surface area (Å²) in [5, 5.41) is 5.72. The van der Waals surface area contributed by atoms with Crippen LogP contribution in [0.25, 0.3) is 0 Å². The number of amides is 3. The number of benzene rings is 1. The Kier molecular flexibility index (Phi) is 7.84. The van der Waals surface area contributed by atoms with Crippen molar-refractivity contribution >= 4 is 44.7 Å². The highest BCUT2D eigenvalue weighted by atomic mass is 79.9. The minimum absolute atomic E-state index is 0.0762. The molecule has 0 aliphatic heterocycles. The van der Waals surface area contributed by atoms with Crippen LogP contribution in [0.5, 0.6) is 0 Å². The van der Waals surface area contributed by atoms with Gasteiger partial charge in [-0.25, -0.2) is 0 Å². The fourth-order valence-electron chi connectivity index (χ4n) is 1.42. The third-order valence-electron chi connectivity index (χ3n) is 2.36. The Hall–Kier alpha value is -1.54. The molecule has 4 N–H and O–H groups in total. The second-order valence-electron chi connectivity index (χ2n) is 3.97. The predicted octanol–water partition coefficient (Wildman–Crippen LogP) is 1.49. The number of hydrogen-bond acceptors (Lipinski definition) is 4. The van der Waals surface area contributed by atoms with E-state index >= 15 is 0 Å². The van der Waals surface area contributed by atoms with E-state index in [0.29, 0.717) is 22.3 Å². The van der Waals surface area contributed by atoms with Gasteiger partial charge in [-0.05, 0) is 23.9 Å². The van der Waals surface area contributed by atoms with Gasteiger partial charge in [-0.15, -0.1) is 0 Å². The van der Waals surface area contributed by atoms with Crippen LogP contribution in [0, 0.1) is 0 Å². The topological polar surface area (TPSA) is 101 Å². The van der Waals surface area contributed by atoms with Crippen molar-refractivity contribution in [2.45, 2.75) is 11.3 Å². The van der Waals surface area contributed by atoms with Crippen molar-refractivity contribution in [3.05, 3.63) is 29.8 Å². The van der Waals surface area contributed by atoms with Crippen LogP contribution in [0.2, 0.25) is 0 Å². The number of alkyl halides is 1. The Morgan fingerprint density at radius 1 is 1.14 bits per heavy atom. The van der Waals surface area contributed by atoms with Gasteiger partial charge in [0.1, 0.15) is 0 Å². The van der Waals surface area contributed by atoms with E-state index in [2.05, 4.69) is 26.6 Å². The van der Waals surface area contributed by atoms with Crippen molar-refractivity contribution in [1.82, 2.24) is 10.6 Å². The number of rotatable bonds is 7. The third-order valence-corrected chi connectivity index (χ3v) is 3.66. The summed E-state index contributed by atoms with van der Waals surface area (Å²) in [7, 11) is 0. The van der Waals surface area contributed by atoms with Crippen LogP contribution in [-0.2, 0) is 4.79 Å². The van der Waals surface area contributed by atoms with Crippen molar-refractivity contribution in [2.24, 2.45) is 5.73 Å². The summed E-state index contributed by atoms with van der Waals surface area (Å²) in [6, 6.07) is 6.78. The fourth-order valence-corrected chi connectivity index (χ4v) is 2.41. The Morgan fingerprint density at radius 2 is 1.86 bits per heavy atom. The summed E-state index contributed by atoms with van der Waals surface area (Å²) in [6.45, 7) is 0.682. The number of nitrogens with one attached hydrogen (secondary N) is 2. The molecule has 8 heteroatoms. The van der Waals surface area contributed by atoms with Crippen molar-refractivity contribution < 1.29 is 14.4 Å². The molecule has 0 aromatic heterocycles. The molecule has 6 nitrogen and oxygen atoms in total. The number of carbonyl (C=O) groups is 3. The van der Waals surface area contributed by atoms with Gasteiger partial charge in [0, 0.05) is 29.7 Å². The Labute approximate surface area is 135 Å². The Morgan fingerprint density at radius 3 is 2.52 bits per heavy atom. The van der Waals surface area contributed by atoms with Crippen LogP contribution >= 0.6 is 27.7 Å². The molecule has 0 aliphatic carbocycles. The van der Waals surface area contributed by atoms with Gasteiger partial charge < -0.3 is 16.4 Å². The maximum absolute atomic E-state index is 12.0. The first-order chi connectivity index (χ1) is 10.0. The highest BCUT2D eigenvalue weighted by molar-refractivity contribution is 9.09. The third kappa shape index (κ3) is 6.63. The molecule has 114 valence electrons. The first-order valence-electron chi connectivity index (χ1n) is 6.21. The summed E-state index contributed by atoms with van der Waals surface area (Å²) < 4.78 is 0. The maximum atomic E-state index is 12.0. The van der Waals surface area contributed by atoms with Gasteiger partial charge >= 0.3 is 0 Å². The second-order valence-corrected chi connectivity index (χ2v) is 5.78. The lowest BCUT2D eigenvalue weighted by Gasteiger charge is -2.09. The van der Waals surface area contributed by atoms with Crippen molar-refractivity contribution in [3.8, 4) is 0 Å². The van der Waals surface area contributed by atoms with E-state index in [-0.39, 0.29) is 24.1 Å².